The summed E-state index contributed by atoms with van der Waals surface area (Å²) in [5.74, 6) is 0. The minimum absolute atomic E-state index is 0. The Morgan fingerprint density at radius 2 is 2.00 bits per heavy atom. The van der Waals surface area contributed by atoms with Crippen molar-refractivity contribution < 1.29 is 17.1 Å². The molecule has 100 valence electrons. The maximum absolute atomic E-state index is 4.06. The molecule has 0 saturated carbocycles. The van der Waals surface area contributed by atoms with Crippen molar-refractivity contribution in [2.24, 2.45) is 4.99 Å². The number of aromatic nitrogens is 1. The van der Waals surface area contributed by atoms with Crippen LogP contribution in [0, 0.1) is 13.1 Å². The van der Waals surface area contributed by atoms with Gasteiger partial charge in [-0.2, -0.15) is 18.3 Å². The van der Waals surface area contributed by atoms with Crippen molar-refractivity contribution in [1.82, 2.24) is 4.98 Å². The standard InChI is InChI=1S/C9H10N.C8H4N.Fe/c1-3-10-9-7-5-4-6-8(9)2;1-3-7-4-2-6-9-8(7)5-1;/h4-7H,1-2H3;2-5H;/q2*-1;+2. The molecule has 0 atom stereocenters. The van der Waals surface area contributed by atoms with Gasteiger partial charge < -0.3 is 9.98 Å². The van der Waals surface area contributed by atoms with Crippen molar-refractivity contribution in [2.75, 3.05) is 0 Å². The van der Waals surface area contributed by atoms with E-state index < -0.39 is 0 Å². The molecule has 1 aliphatic carbocycles. The number of hydrogen-bond donors (Lipinski definition) is 0. The van der Waals surface area contributed by atoms with Gasteiger partial charge in [0.25, 0.3) is 0 Å². The van der Waals surface area contributed by atoms with E-state index in [1.165, 1.54) is 5.56 Å². The molecule has 0 fully saturated rings. The van der Waals surface area contributed by atoms with E-state index in [-0.39, 0.29) is 17.1 Å². The first kappa shape index (κ1) is 16.1. The Morgan fingerprint density at radius 3 is 2.70 bits per heavy atom. The van der Waals surface area contributed by atoms with E-state index in [1.807, 2.05) is 49.4 Å². The van der Waals surface area contributed by atoms with Gasteiger partial charge in [0, 0.05) is 0 Å². The Hall–Kier alpha value is -1.92. The Morgan fingerprint density at radius 1 is 1.20 bits per heavy atom. The van der Waals surface area contributed by atoms with Gasteiger partial charge in [-0.25, -0.2) is 0 Å². The SMILES string of the molecule is C1=Cc2cc[c-]nc2C=1.C[C-]=Nc1ccccc1C.[Fe+2]. The Bertz CT molecular complexity index is 627. The van der Waals surface area contributed by atoms with Crippen molar-refractivity contribution >= 4 is 24.1 Å². The van der Waals surface area contributed by atoms with Crippen LogP contribution in [-0.2, 0) is 17.1 Å². The van der Waals surface area contributed by atoms with Crippen LogP contribution in [0.5, 0.6) is 0 Å². The van der Waals surface area contributed by atoms with Crippen LogP contribution in [0.3, 0.4) is 0 Å². The molecule has 0 N–H and O–H groups in total. The van der Waals surface area contributed by atoms with E-state index in [2.05, 4.69) is 28.1 Å². The van der Waals surface area contributed by atoms with E-state index in [0.717, 1.165) is 16.9 Å². The van der Waals surface area contributed by atoms with Crippen LogP contribution in [0.1, 0.15) is 23.7 Å². The first-order chi connectivity index (χ1) is 9.31. The van der Waals surface area contributed by atoms with Gasteiger partial charge in [0.05, 0.1) is 0 Å². The van der Waals surface area contributed by atoms with Crippen LogP contribution in [-0.4, -0.2) is 11.2 Å². The molecule has 0 unspecified atom stereocenters. The summed E-state index contributed by atoms with van der Waals surface area (Å²) in [7, 11) is 0. The normalized spacial score (nSPS) is 10.7. The van der Waals surface area contributed by atoms with Gasteiger partial charge in [-0.1, -0.05) is 43.1 Å². The smallest absolute Gasteiger partial charge is 0.456 e. The molecule has 3 heteroatoms. The summed E-state index contributed by atoms with van der Waals surface area (Å²) in [4.78, 5) is 8.04. The number of hydrogen-bond acceptors (Lipinski definition) is 2. The van der Waals surface area contributed by atoms with Gasteiger partial charge in [-0.05, 0) is 11.8 Å². The van der Waals surface area contributed by atoms with E-state index >= 15 is 0 Å². The van der Waals surface area contributed by atoms with Gasteiger partial charge in [-0.3, -0.25) is 0 Å². The number of para-hydroxylation sites is 1. The molecule has 0 spiro atoms. The van der Waals surface area contributed by atoms with Crippen molar-refractivity contribution in [3.63, 3.8) is 0 Å². The second-order valence-corrected chi connectivity index (χ2v) is 3.99. The first-order valence-corrected chi connectivity index (χ1v) is 6.04. The molecule has 20 heavy (non-hydrogen) atoms. The summed E-state index contributed by atoms with van der Waals surface area (Å²) in [5, 5.41) is 0. The molecule has 1 heterocycles. The Labute approximate surface area is 130 Å². The Kier molecular flexibility index (Phi) is 6.69. The van der Waals surface area contributed by atoms with Crippen LogP contribution in [0.4, 0.5) is 5.69 Å². The number of aliphatic imine (C=N–C) groups is 1. The quantitative estimate of drug-likeness (QED) is 0.287. The summed E-state index contributed by atoms with van der Waals surface area (Å²) in [5.41, 5.74) is 7.25. The molecule has 1 aromatic carbocycles. The Balaban J connectivity index is 0.000000191. The van der Waals surface area contributed by atoms with Gasteiger partial charge >= 0.3 is 17.1 Å². The average molecular weight is 302 g/mol. The molecule has 2 aromatic rings. The third-order valence-electron chi connectivity index (χ3n) is 2.62. The summed E-state index contributed by atoms with van der Waals surface area (Å²) in [6.07, 6.45) is 9.27. The van der Waals surface area contributed by atoms with Crippen LogP contribution in [0.15, 0.2) is 47.1 Å². The molecule has 1 aliphatic rings. The number of fused-ring (bicyclic) bond motifs is 1. The van der Waals surface area contributed by atoms with Gasteiger partial charge in [-0.15, -0.1) is 29.8 Å². The molecule has 2 nitrogen and oxygen atoms in total. The third-order valence-corrected chi connectivity index (χ3v) is 2.62. The minimum Gasteiger partial charge on any atom is -0.456 e. The van der Waals surface area contributed by atoms with Crippen molar-refractivity contribution in [2.45, 2.75) is 13.8 Å². The predicted molar refractivity (Wildman–Crippen MR) is 79.5 cm³/mol. The van der Waals surface area contributed by atoms with Crippen LogP contribution >= 0.6 is 0 Å². The van der Waals surface area contributed by atoms with Crippen molar-refractivity contribution in [1.29, 1.82) is 0 Å². The number of aryl methyl sites for hydroxylation is 1. The fourth-order valence-electron chi connectivity index (χ4n) is 1.64. The zero-order valence-corrected chi connectivity index (χ0v) is 12.5. The zero-order chi connectivity index (χ0) is 13.5. The van der Waals surface area contributed by atoms with E-state index in [0.29, 0.717) is 0 Å². The van der Waals surface area contributed by atoms with Crippen molar-refractivity contribution in [3.05, 3.63) is 65.1 Å². The molecule has 0 amide bonds. The monoisotopic (exact) mass is 302 g/mol. The number of pyridine rings is 1. The summed E-state index contributed by atoms with van der Waals surface area (Å²) in [6, 6.07) is 11.8. The van der Waals surface area contributed by atoms with Crippen molar-refractivity contribution in [3.8, 4) is 0 Å². The maximum atomic E-state index is 4.06. The van der Waals surface area contributed by atoms with Gasteiger partial charge in [0.15, 0.2) is 0 Å². The number of rotatable bonds is 1. The van der Waals surface area contributed by atoms with Crippen LogP contribution < -0.4 is 0 Å². The second kappa shape index (κ2) is 8.29. The summed E-state index contributed by atoms with van der Waals surface area (Å²) in [6.45, 7) is 3.84. The fraction of sp³-hybridized carbons (Fsp3) is 0.118. The fourth-order valence-corrected chi connectivity index (χ4v) is 1.64. The summed E-state index contributed by atoms with van der Waals surface area (Å²) >= 11 is 0. The number of nitrogens with zero attached hydrogens (tertiary/aromatic N) is 2. The number of benzene rings is 1. The van der Waals surface area contributed by atoms with Crippen LogP contribution in [0.2, 0.25) is 0 Å². The largest absolute Gasteiger partial charge is 2.00 e. The van der Waals surface area contributed by atoms with E-state index in [1.54, 1.807) is 13.0 Å². The molecular formula is C17H14FeN2. The van der Waals surface area contributed by atoms with Gasteiger partial charge in [0.1, 0.15) is 0 Å². The summed E-state index contributed by atoms with van der Waals surface area (Å²) < 4.78 is 0. The molecule has 0 saturated heterocycles. The van der Waals surface area contributed by atoms with E-state index in [9.17, 15) is 0 Å². The molecule has 0 radical (unpaired) electrons. The molecule has 3 rings (SSSR count). The molecule has 0 aliphatic heterocycles. The first-order valence-electron chi connectivity index (χ1n) is 6.04. The molecular weight excluding hydrogens is 288 g/mol. The van der Waals surface area contributed by atoms with Gasteiger partial charge in [0.2, 0.25) is 0 Å². The average Bonchev–Trinajstić information content (AvgIpc) is 2.91. The maximum Gasteiger partial charge on any atom is 2.00 e. The van der Waals surface area contributed by atoms with Crippen LogP contribution in [0.25, 0.3) is 12.2 Å². The minimum atomic E-state index is 0. The predicted octanol–water partition coefficient (Wildman–Crippen LogP) is 4.11. The molecule has 0 bridgehead atoms. The van der Waals surface area contributed by atoms with E-state index in [4.69, 9.17) is 0 Å². The third kappa shape index (κ3) is 4.32. The second-order valence-electron chi connectivity index (χ2n) is 3.99. The molecule has 1 aromatic heterocycles. The topological polar surface area (TPSA) is 25.2 Å². The zero-order valence-electron chi connectivity index (χ0n) is 11.4.